The third-order valence-electron chi connectivity index (χ3n) is 5.41. The number of nitrogen functional groups attached to an aromatic ring is 1. The van der Waals surface area contributed by atoms with E-state index in [0.29, 0.717) is 30.2 Å². The van der Waals surface area contributed by atoms with Crippen LogP contribution in [0.1, 0.15) is 54.4 Å². The summed E-state index contributed by atoms with van der Waals surface area (Å²) in [5.74, 6) is 0.0432. The van der Waals surface area contributed by atoms with Gasteiger partial charge in [-0.2, -0.15) is 9.78 Å². The number of nitrogens with two attached hydrogens (primary N) is 1. The summed E-state index contributed by atoms with van der Waals surface area (Å²) in [6, 6.07) is 4.76. The molecule has 0 spiro atoms. The Morgan fingerprint density at radius 1 is 1.29 bits per heavy atom. The maximum Gasteiger partial charge on any atom is 0.293 e. The number of phenols is 1. The molecule has 0 saturated carbocycles. The summed E-state index contributed by atoms with van der Waals surface area (Å²) in [4.78, 5) is 15.2. The molecule has 0 bridgehead atoms. The Bertz CT molecular complexity index is 1150. The molecule has 1 aromatic carbocycles. The minimum Gasteiger partial charge on any atom is -0.504 e. The molecule has 3 aromatic rings. The first-order valence-corrected chi connectivity index (χ1v) is 11.1. The summed E-state index contributed by atoms with van der Waals surface area (Å²) in [5.41, 5.74) is 9.58. The minimum absolute atomic E-state index is 0.0272. The molecule has 0 unspecified atom stereocenters. The Hall–Kier alpha value is -4.00. The van der Waals surface area contributed by atoms with E-state index in [0.717, 1.165) is 25.9 Å². The molecule has 2 aromatic heterocycles. The first-order valence-electron chi connectivity index (χ1n) is 11.1. The molecule has 4 N–H and O–H groups in total. The molecule has 0 aliphatic carbocycles. The van der Waals surface area contributed by atoms with Crippen molar-refractivity contribution in [1.29, 1.82) is 0 Å². The number of rotatable bonds is 8. The van der Waals surface area contributed by atoms with E-state index in [1.54, 1.807) is 12.1 Å². The van der Waals surface area contributed by atoms with Gasteiger partial charge in [-0.1, -0.05) is 18.1 Å². The van der Waals surface area contributed by atoms with Gasteiger partial charge in [-0.25, -0.2) is 10.1 Å². The summed E-state index contributed by atoms with van der Waals surface area (Å²) in [5, 5.41) is 29.4. The van der Waals surface area contributed by atoms with Crippen LogP contribution >= 0.6 is 0 Å². The van der Waals surface area contributed by atoms with Gasteiger partial charge in [0.1, 0.15) is 0 Å². The number of likely N-dealkylation sites (tertiary alicyclic amines) is 1. The molecule has 3 heterocycles. The number of ether oxygens (including phenoxy) is 1. The fraction of sp³-hybridized carbons (Fsp3) is 0.429. The van der Waals surface area contributed by atoms with Gasteiger partial charge in [-0.3, -0.25) is 9.69 Å². The van der Waals surface area contributed by atoms with Crippen LogP contribution in [0.3, 0.4) is 0 Å². The van der Waals surface area contributed by atoms with Gasteiger partial charge in [-0.05, 0) is 66.9 Å². The normalized spacial score (nSPS) is 14.9. The van der Waals surface area contributed by atoms with E-state index in [9.17, 15) is 9.90 Å². The minimum atomic E-state index is -0.536. The van der Waals surface area contributed by atoms with Gasteiger partial charge in [0, 0.05) is 6.54 Å². The number of anilines is 1. The van der Waals surface area contributed by atoms with E-state index in [1.807, 2.05) is 6.92 Å². The number of aromatic hydroxyl groups is 1. The first-order chi connectivity index (χ1) is 16.6. The number of hydrogen-bond acceptors (Lipinski definition) is 11. The first kappa shape index (κ1) is 23.2. The van der Waals surface area contributed by atoms with E-state index < -0.39 is 5.91 Å². The lowest BCUT2D eigenvalue weighted by atomic mass is 10.2. The van der Waals surface area contributed by atoms with Gasteiger partial charge in [0.2, 0.25) is 11.6 Å². The smallest absolute Gasteiger partial charge is 0.293 e. The monoisotopic (exact) mass is 469 g/mol. The highest BCUT2D eigenvalue weighted by Crippen LogP contribution is 2.26. The highest BCUT2D eigenvalue weighted by atomic mass is 16.6. The quantitative estimate of drug-likeness (QED) is 0.324. The fourth-order valence-corrected chi connectivity index (χ4v) is 3.73. The number of nitrogens with zero attached hydrogens (tertiary/aromatic N) is 7. The number of hydrazone groups is 1. The third-order valence-corrected chi connectivity index (χ3v) is 5.41. The third kappa shape index (κ3) is 5.31. The summed E-state index contributed by atoms with van der Waals surface area (Å²) < 4.78 is 11.4. The molecule has 0 atom stereocenters. The average molecular weight is 470 g/mol. The number of aromatic nitrogens is 5. The number of nitrogens with one attached hydrogen (secondary N) is 1. The second-order valence-corrected chi connectivity index (χ2v) is 7.82. The molecule has 0 radical (unpaired) electrons. The van der Waals surface area contributed by atoms with Crippen LogP contribution in [0, 0.1) is 0 Å². The zero-order valence-corrected chi connectivity index (χ0v) is 18.8. The largest absolute Gasteiger partial charge is 0.504 e. The Kier molecular flexibility index (Phi) is 7.32. The van der Waals surface area contributed by atoms with E-state index in [1.165, 1.54) is 29.8 Å². The molecule has 1 amide bonds. The number of amides is 1. The van der Waals surface area contributed by atoms with Crippen molar-refractivity contribution in [3.63, 3.8) is 0 Å². The predicted molar refractivity (Wildman–Crippen MR) is 122 cm³/mol. The zero-order chi connectivity index (χ0) is 23.9. The summed E-state index contributed by atoms with van der Waals surface area (Å²) in [7, 11) is 0. The van der Waals surface area contributed by atoms with Crippen LogP contribution in [0.2, 0.25) is 0 Å². The Morgan fingerprint density at radius 2 is 2.09 bits per heavy atom. The van der Waals surface area contributed by atoms with Crippen LogP contribution < -0.4 is 15.9 Å². The van der Waals surface area contributed by atoms with Crippen LogP contribution in [0.25, 0.3) is 5.82 Å². The van der Waals surface area contributed by atoms with Crippen molar-refractivity contribution in [2.75, 3.05) is 25.4 Å². The van der Waals surface area contributed by atoms with Crippen molar-refractivity contribution in [2.45, 2.75) is 39.2 Å². The lowest BCUT2D eigenvalue weighted by Gasteiger charge is -2.20. The highest BCUT2D eigenvalue weighted by molar-refractivity contribution is 5.94. The van der Waals surface area contributed by atoms with E-state index in [4.69, 9.17) is 15.1 Å². The standard InChI is InChI=1S/C21H27N9O4/c1-2-33-17-11-14(7-8-16(17)31)12-23-25-21(32)18-15(13-29-9-5-3-4-6-10-29)30(28-24-18)20-19(22)26-34-27-20/h7-8,11-12,31H,2-6,9-10,13H2,1H3,(H2,22,26)(H,25,32). The number of hydrogen-bond donors (Lipinski definition) is 3. The summed E-state index contributed by atoms with van der Waals surface area (Å²) in [6.45, 7) is 4.47. The van der Waals surface area contributed by atoms with E-state index >= 15 is 0 Å². The number of carbonyl (C=O) groups is 1. The van der Waals surface area contributed by atoms with Crippen LogP contribution in [0.15, 0.2) is 27.9 Å². The lowest BCUT2D eigenvalue weighted by Crippen LogP contribution is -2.28. The highest BCUT2D eigenvalue weighted by Gasteiger charge is 2.25. The van der Waals surface area contributed by atoms with Crippen LogP contribution in [-0.2, 0) is 6.54 Å². The van der Waals surface area contributed by atoms with Crippen molar-refractivity contribution in [1.82, 2.24) is 35.6 Å². The maximum atomic E-state index is 12.9. The fourth-order valence-electron chi connectivity index (χ4n) is 3.73. The second kappa shape index (κ2) is 10.7. The van der Waals surface area contributed by atoms with Gasteiger partial charge in [0.05, 0.1) is 18.5 Å². The van der Waals surface area contributed by atoms with Crippen molar-refractivity contribution in [3.8, 4) is 17.3 Å². The van der Waals surface area contributed by atoms with Gasteiger partial charge in [-0.15, -0.1) is 5.10 Å². The van der Waals surface area contributed by atoms with Crippen molar-refractivity contribution in [2.24, 2.45) is 5.10 Å². The van der Waals surface area contributed by atoms with Crippen molar-refractivity contribution >= 4 is 17.9 Å². The molecule has 1 aliphatic rings. The molecular weight excluding hydrogens is 442 g/mol. The van der Waals surface area contributed by atoms with Crippen LogP contribution in [0.5, 0.6) is 11.5 Å². The Labute approximate surface area is 195 Å². The van der Waals surface area contributed by atoms with Gasteiger partial charge in [0.25, 0.3) is 5.91 Å². The Balaban J connectivity index is 1.55. The molecule has 4 rings (SSSR count). The molecule has 1 aliphatic heterocycles. The number of phenolic OH excluding ortho intramolecular Hbond substituents is 1. The second-order valence-electron chi connectivity index (χ2n) is 7.82. The van der Waals surface area contributed by atoms with Crippen molar-refractivity contribution in [3.05, 3.63) is 35.2 Å². The average Bonchev–Trinajstić information content (AvgIpc) is 3.33. The molecule has 1 fully saturated rings. The van der Waals surface area contributed by atoms with E-state index in [-0.39, 0.29) is 23.1 Å². The van der Waals surface area contributed by atoms with Gasteiger partial charge >= 0.3 is 0 Å². The topological polar surface area (TPSA) is 170 Å². The molecule has 180 valence electrons. The van der Waals surface area contributed by atoms with E-state index in [2.05, 4.69) is 36.1 Å². The van der Waals surface area contributed by atoms with Crippen LogP contribution in [0.4, 0.5) is 5.82 Å². The molecule has 34 heavy (non-hydrogen) atoms. The van der Waals surface area contributed by atoms with Crippen LogP contribution in [-0.4, -0.2) is 67.1 Å². The molecular formula is C21H27N9O4. The van der Waals surface area contributed by atoms with Gasteiger partial charge in [0.15, 0.2) is 17.2 Å². The maximum absolute atomic E-state index is 12.9. The van der Waals surface area contributed by atoms with Crippen molar-refractivity contribution < 1.29 is 19.3 Å². The summed E-state index contributed by atoms with van der Waals surface area (Å²) >= 11 is 0. The predicted octanol–water partition coefficient (Wildman–Crippen LogP) is 1.48. The molecule has 13 heteroatoms. The van der Waals surface area contributed by atoms with Gasteiger partial charge < -0.3 is 15.6 Å². The molecule has 1 saturated heterocycles. The Morgan fingerprint density at radius 3 is 2.79 bits per heavy atom. The zero-order valence-electron chi connectivity index (χ0n) is 18.8. The SMILES string of the molecule is CCOc1cc(C=NNC(=O)c2nnn(-c3nonc3N)c2CN2CCCCCC2)ccc1O. The molecule has 13 nitrogen and oxygen atoms in total. The summed E-state index contributed by atoms with van der Waals surface area (Å²) in [6.07, 6.45) is 5.96. The number of benzene rings is 1. The lowest BCUT2D eigenvalue weighted by molar-refractivity contribution is 0.0947. The number of carbonyl (C=O) groups excluding carboxylic acids is 1.